The molecule has 2 heterocycles. The molecule has 2 saturated heterocycles. The molecule has 6 heteroatoms. The Balaban J connectivity index is 1.75. The van der Waals surface area contributed by atoms with Gasteiger partial charge in [-0.1, -0.05) is 29.8 Å². The Morgan fingerprint density at radius 1 is 0.893 bits per heavy atom. The number of rotatable bonds is 3. The molecule has 2 amide bonds. The third-order valence-corrected chi connectivity index (χ3v) is 7.51. The van der Waals surface area contributed by atoms with Gasteiger partial charge in [0.1, 0.15) is 0 Å². The highest BCUT2D eigenvalue weighted by Crippen LogP contribution is 2.37. The van der Waals surface area contributed by atoms with E-state index in [4.69, 9.17) is 0 Å². The van der Waals surface area contributed by atoms with Crippen molar-refractivity contribution >= 4 is 21.6 Å². The van der Waals surface area contributed by atoms with Crippen LogP contribution < -0.4 is 4.90 Å². The van der Waals surface area contributed by atoms with Crippen molar-refractivity contribution in [1.82, 2.24) is 4.90 Å². The Hall–Kier alpha value is -2.34. The van der Waals surface area contributed by atoms with E-state index in [1.807, 2.05) is 39.8 Å². The summed E-state index contributed by atoms with van der Waals surface area (Å²) in [6.45, 7) is 8.48. The van der Waals surface area contributed by atoms with Gasteiger partial charge >= 0.3 is 6.03 Å². The van der Waals surface area contributed by atoms with Crippen molar-refractivity contribution < 1.29 is 13.2 Å². The fourth-order valence-corrected chi connectivity index (χ4v) is 6.46. The normalized spacial score (nSPS) is 23.4. The molecule has 0 aromatic heterocycles. The van der Waals surface area contributed by atoms with E-state index < -0.39 is 9.84 Å². The van der Waals surface area contributed by atoms with Crippen molar-refractivity contribution in [3.8, 4) is 0 Å². The second-order valence-electron chi connectivity index (χ2n) is 8.27. The highest BCUT2D eigenvalue weighted by atomic mass is 32.2. The Labute approximate surface area is 166 Å². The number of aryl methyl sites for hydroxylation is 4. The van der Waals surface area contributed by atoms with Crippen molar-refractivity contribution in [2.24, 2.45) is 0 Å². The molecule has 2 aliphatic rings. The van der Waals surface area contributed by atoms with E-state index in [-0.39, 0.29) is 29.6 Å². The first-order valence-electron chi connectivity index (χ1n) is 9.59. The van der Waals surface area contributed by atoms with Crippen LogP contribution in [-0.4, -0.2) is 42.9 Å². The number of sulfone groups is 1. The predicted molar refractivity (Wildman–Crippen MR) is 111 cm³/mol. The van der Waals surface area contributed by atoms with Crippen molar-refractivity contribution in [3.05, 3.63) is 64.2 Å². The molecule has 2 fully saturated rings. The van der Waals surface area contributed by atoms with Crippen LogP contribution in [0.1, 0.15) is 27.8 Å². The third kappa shape index (κ3) is 3.30. The first kappa shape index (κ1) is 19.0. The SMILES string of the molecule is Cc1cc(C)cc(N2C(=O)N(Cc3cc(C)ccc3C)[C@H]3CS(=O)(=O)C[C@@H]32)c1. The minimum absolute atomic E-state index is 0.0275. The molecule has 148 valence electrons. The lowest BCUT2D eigenvalue weighted by Gasteiger charge is -2.24. The average Bonchev–Trinajstić information content (AvgIpc) is 3.01. The van der Waals surface area contributed by atoms with Gasteiger partial charge in [-0.2, -0.15) is 0 Å². The molecule has 0 aliphatic carbocycles. The van der Waals surface area contributed by atoms with Gasteiger partial charge in [0, 0.05) is 12.2 Å². The number of carbonyl (C=O) groups is 1. The number of hydrogen-bond donors (Lipinski definition) is 0. The number of urea groups is 1. The van der Waals surface area contributed by atoms with Crippen molar-refractivity contribution in [2.75, 3.05) is 16.4 Å². The maximum atomic E-state index is 13.4. The highest BCUT2D eigenvalue weighted by Gasteiger charge is 2.53. The summed E-state index contributed by atoms with van der Waals surface area (Å²) in [6.07, 6.45) is 0. The maximum absolute atomic E-state index is 13.4. The molecule has 28 heavy (non-hydrogen) atoms. The Bertz CT molecular complexity index is 1040. The molecule has 0 unspecified atom stereocenters. The third-order valence-electron chi connectivity index (χ3n) is 5.81. The zero-order valence-corrected chi connectivity index (χ0v) is 17.6. The van der Waals surface area contributed by atoms with E-state index in [0.717, 1.165) is 33.5 Å². The molecule has 0 spiro atoms. The minimum atomic E-state index is -3.17. The minimum Gasteiger partial charge on any atom is -0.314 e. The quantitative estimate of drug-likeness (QED) is 0.743. The Morgan fingerprint density at radius 3 is 2.21 bits per heavy atom. The second-order valence-corrected chi connectivity index (χ2v) is 10.4. The fraction of sp³-hybridized carbons (Fsp3) is 0.409. The van der Waals surface area contributed by atoms with Gasteiger partial charge in [0.2, 0.25) is 0 Å². The summed E-state index contributed by atoms with van der Waals surface area (Å²) in [4.78, 5) is 16.9. The molecule has 5 nitrogen and oxygen atoms in total. The molecule has 2 aromatic rings. The summed E-state index contributed by atoms with van der Waals surface area (Å²) in [6, 6.07) is 11.4. The van der Waals surface area contributed by atoms with Gasteiger partial charge < -0.3 is 4.90 Å². The van der Waals surface area contributed by atoms with Crippen LogP contribution in [0, 0.1) is 27.7 Å². The number of hydrogen-bond acceptors (Lipinski definition) is 3. The van der Waals surface area contributed by atoms with Gasteiger partial charge in [0.25, 0.3) is 0 Å². The van der Waals surface area contributed by atoms with Crippen LogP contribution >= 0.6 is 0 Å². The zero-order valence-electron chi connectivity index (χ0n) is 16.8. The summed E-state index contributed by atoms with van der Waals surface area (Å²) in [7, 11) is -3.17. The van der Waals surface area contributed by atoms with Crippen LogP contribution in [0.25, 0.3) is 0 Å². The van der Waals surface area contributed by atoms with Gasteiger partial charge in [-0.05, 0) is 62.1 Å². The van der Waals surface area contributed by atoms with E-state index in [1.165, 1.54) is 0 Å². The Kier molecular flexibility index (Phi) is 4.49. The number of fused-ring (bicyclic) bond motifs is 1. The van der Waals surface area contributed by atoms with E-state index >= 15 is 0 Å². The number of anilines is 1. The molecule has 2 atom stereocenters. The van der Waals surface area contributed by atoms with Crippen molar-refractivity contribution in [3.63, 3.8) is 0 Å². The standard InChI is InChI=1S/C22H26N2O3S/c1-14-5-6-17(4)18(8-14)11-23-20-12-28(26,27)13-21(20)24(22(23)25)19-9-15(2)7-16(3)10-19/h5-10,20-21H,11-13H2,1-4H3/t20-,21-/m0/s1. The van der Waals surface area contributed by atoms with E-state index in [0.29, 0.717) is 6.54 Å². The molecular formula is C22H26N2O3S. The van der Waals surface area contributed by atoms with Gasteiger partial charge in [-0.3, -0.25) is 4.90 Å². The molecule has 0 saturated carbocycles. The lowest BCUT2D eigenvalue weighted by atomic mass is 10.0. The molecule has 2 aromatic carbocycles. The van der Waals surface area contributed by atoms with Crippen LogP contribution in [0.15, 0.2) is 36.4 Å². The van der Waals surface area contributed by atoms with Crippen LogP contribution in [0.4, 0.5) is 10.5 Å². The van der Waals surface area contributed by atoms with Crippen LogP contribution in [0.3, 0.4) is 0 Å². The summed E-state index contributed by atoms with van der Waals surface area (Å²) in [5.41, 5.74) is 6.23. The van der Waals surface area contributed by atoms with E-state index in [1.54, 1.807) is 9.80 Å². The van der Waals surface area contributed by atoms with Crippen LogP contribution in [0.2, 0.25) is 0 Å². The smallest absolute Gasteiger partial charge is 0.314 e. The molecular weight excluding hydrogens is 372 g/mol. The Morgan fingerprint density at radius 2 is 1.54 bits per heavy atom. The fourth-order valence-electron chi connectivity index (χ4n) is 4.51. The summed E-state index contributed by atoms with van der Waals surface area (Å²) in [5, 5.41) is 0. The average molecular weight is 399 g/mol. The van der Waals surface area contributed by atoms with E-state index in [9.17, 15) is 13.2 Å². The van der Waals surface area contributed by atoms with Gasteiger partial charge in [-0.25, -0.2) is 13.2 Å². The zero-order chi connectivity index (χ0) is 20.2. The molecule has 0 bridgehead atoms. The van der Waals surface area contributed by atoms with Crippen molar-refractivity contribution in [2.45, 2.75) is 46.3 Å². The van der Waals surface area contributed by atoms with Crippen LogP contribution in [0.5, 0.6) is 0 Å². The summed E-state index contributed by atoms with van der Waals surface area (Å²) in [5.74, 6) is 0.0647. The lowest BCUT2D eigenvalue weighted by Crippen LogP contribution is -2.37. The van der Waals surface area contributed by atoms with Gasteiger partial charge in [-0.15, -0.1) is 0 Å². The number of nitrogens with zero attached hydrogens (tertiary/aromatic N) is 2. The monoisotopic (exact) mass is 398 g/mol. The molecule has 4 rings (SSSR count). The maximum Gasteiger partial charge on any atom is 0.325 e. The first-order valence-corrected chi connectivity index (χ1v) is 11.4. The first-order chi connectivity index (χ1) is 13.1. The molecule has 2 aliphatic heterocycles. The van der Waals surface area contributed by atoms with Crippen molar-refractivity contribution in [1.29, 1.82) is 0 Å². The summed E-state index contributed by atoms with van der Waals surface area (Å²) < 4.78 is 24.8. The number of carbonyl (C=O) groups excluding carboxylic acids is 1. The number of benzene rings is 2. The highest BCUT2D eigenvalue weighted by molar-refractivity contribution is 7.91. The summed E-state index contributed by atoms with van der Waals surface area (Å²) >= 11 is 0. The van der Waals surface area contributed by atoms with Crippen LogP contribution in [-0.2, 0) is 16.4 Å². The van der Waals surface area contributed by atoms with E-state index in [2.05, 4.69) is 24.3 Å². The van der Waals surface area contributed by atoms with Gasteiger partial charge in [0.15, 0.2) is 9.84 Å². The lowest BCUT2D eigenvalue weighted by molar-refractivity contribution is 0.205. The number of amides is 2. The molecule has 0 N–H and O–H groups in total. The van der Waals surface area contributed by atoms with Gasteiger partial charge in [0.05, 0.1) is 23.6 Å². The molecule has 0 radical (unpaired) electrons. The topological polar surface area (TPSA) is 57.7 Å². The second kappa shape index (κ2) is 6.62. The largest absolute Gasteiger partial charge is 0.325 e. The predicted octanol–water partition coefficient (Wildman–Crippen LogP) is 3.53.